The molecule has 0 unspecified atom stereocenters. The van der Waals surface area contributed by atoms with Crippen molar-refractivity contribution in [3.05, 3.63) is 36.1 Å². The first-order chi connectivity index (χ1) is 9.24. The molecule has 0 radical (unpaired) electrons. The molecule has 0 spiro atoms. The number of phenols is 1. The van der Waals surface area contributed by atoms with Crippen LogP contribution in [-0.4, -0.2) is 16.7 Å². The van der Waals surface area contributed by atoms with Gasteiger partial charge in [0.2, 0.25) is 0 Å². The summed E-state index contributed by atoms with van der Waals surface area (Å²) in [4.78, 5) is 11.7. The summed E-state index contributed by atoms with van der Waals surface area (Å²) in [6, 6.07) is 6.87. The molecule has 2 rings (SSSR count). The van der Waals surface area contributed by atoms with Crippen molar-refractivity contribution in [1.82, 2.24) is 5.32 Å². The van der Waals surface area contributed by atoms with Crippen LogP contribution in [0.1, 0.15) is 20.8 Å². The van der Waals surface area contributed by atoms with E-state index >= 15 is 0 Å². The van der Waals surface area contributed by atoms with E-state index in [-0.39, 0.29) is 11.5 Å². The van der Waals surface area contributed by atoms with E-state index in [2.05, 4.69) is 5.32 Å². The number of hydrogen-bond acceptors (Lipinski definition) is 3. The second-order valence-electron chi connectivity index (χ2n) is 5.57. The zero-order valence-corrected chi connectivity index (χ0v) is 11.5. The van der Waals surface area contributed by atoms with Gasteiger partial charge >= 0.3 is 6.09 Å². The lowest BCUT2D eigenvalue weighted by molar-refractivity contribution is 0.190. The average Bonchev–Trinajstić information content (AvgIpc) is 2.27. The van der Waals surface area contributed by atoms with Gasteiger partial charge in [0.25, 0.3) is 0 Å². The summed E-state index contributed by atoms with van der Waals surface area (Å²) in [5.74, 6) is -0.379. The third-order valence-electron chi connectivity index (χ3n) is 2.56. The van der Waals surface area contributed by atoms with Crippen LogP contribution in [0.2, 0.25) is 0 Å². The van der Waals surface area contributed by atoms with E-state index in [1.54, 1.807) is 6.07 Å². The lowest BCUT2D eigenvalue weighted by Gasteiger charge is -2.20. The molecule has 0 saturated heterocycles. The zero-order valence-electron chi connectivity index (χ0n) is 11.5. The highest BCUT2D eigenvalue weighted by Crippen LogP contribution is 2.30. The van der Waals surface area contributed by atoms with E-state index < -0.39 is 17.4 Å². The van der Waals surface area contributed by atoms with Crippen LogP contribution in [0.4, 0.5) is 9.18 Å². The molecule has 0 heterocycles. The molecular weight excluding hydrogens is 261 g/mol. The van der Waals surface area contributed by atoms with Gasteiger partial charge in [-0.1, -0.05) is 6.07 Å². The standard InChI is InChI=1S/C15H16FNO3/c1-15(2,3)17-14(19)20-11-6-9-4-5-10(16)7-12(9)13(18)8-11/h4-8,18H,1-3H3,(H,17,19). The number of carbonyl (C=O) groups excluding carboxylic acids is 1. The summed E-state index contributed by atoms with van der Waals surface area (Å²) in [5, 5.41) is 13.4. The molecule has 106 valence electrons. The summed E-state index contributed by atoms with van der Waals surface area (Å²) in [6.45, 7) is 5.48. The van der Waals surface area contributed by atoms with Crippen molar-refractivity contribution in [2.24, 2.45) is 0 Å². The Balaban J connectivity index is 2.28. The Labute approximate surface area is 116 Å². The van der Waals surface area contributed by atoms with Gasteiger partial charge in [0, 0.05) is 17.0 Å². The topological polar surface area (TPSA) is 58.6 Å². The summed E-state index contributed by atoms with van der Waals surface area (Å²) >= 11 is 0. The molecule has 0 aliphatic rings. The van der Waals surface area contributed by atoms with Gasteiger partial charge in [0.05, 0.1) is 0 Å². The molecule has 0 bridgehead atoms. The summed E-state index contributed by atoms with van der Waals surface area (Å²) in [6.07, 6.45) is -0.613. The van der Waals surface area contributed by atoms with E-state index in [1.807, 2.05) is 20.8 Å². The first-order valence-electron chi connectivity index (χ1n) is 6.17. The molecule has 0 aliphatic carbocycles. The number of aromatic hydroxyl groups is 1. The predicted octanol–water partition coefficient (Wildman–Crippen LogP) is 3.57. The minimum Gasteiger partial charge on any atom is -0.507 e. The van der Waals surface area contributed by atoms with Crippen LogP contribution in [0.3, 0.4) is 0 Å². The molecule has 0 saturated carbocycles. The number of phenolic OH excluding ortho intramolecular Hbond substituents is 1. The van der Waals surface area contributed by atoms with Gasteiger partial charge < -0.3 is 15.2 Å². The molecule has 2 aromatic carbocycles. The van der Waals surface area contributed by atoms with Gasteiger partial charge in [-0.3, -0.25) is 0 Å². The maximum atomic E-state index is 13.1. The van der Waals surface area contributed by atoms with Gasteiger partial charge in [-0.15, -0.1) is 0 Å². The number of fused-ring (bicyclic) bond motifs is 1. The molecule has 0 aliphatic heterocycles. The Morgan fingerprint density at radius 1 is 1.25 bits per heavy atom. The van der Waals surface area contributed by atoms with Crippen LogP contribution >= 0.6 is 0 Å². The first kappa shape index (κ1) is 14.1. The molecular formula is C15H16FNO3. The number of halogens is 1. The molecule has 2 N–H and O–H groups in total. The highest BCUT2D eigenvalue weighted by molar-refractivity contribution is 5.90. The minimum atomic E-state index is -0.613. The number of hydrogen-bond donors (Lipinski definition) is 2. The monoisotopic (exact) mass is 277 g/mol. The number of nitrogens with one attached hydrogen (secondary N) is 1. The number of amides is 1. The lowest BCUT2D eigenvalue weighted by Crippen LogP contribution is -2.42. The largest absolute Gasteiger partial charge is 0.507 e. The van der Waals surface area contributed by atoms with Crippen LogP contribution in [-0.2, 0) is 0 Å². The number of carbonyl (C=O) groups is 1. The number of rotatable bonds is 1. The maximum Gasteiger partial charge on any atom is 0.413 e. The fraction of sp³-hybridized carbons (Fsp3) is 0.267. The molecule has 20 heavy (non-hydrogen) atoms. The van der Waals surface area contributed by atoms with Crippen molar-refractivity contribution in [3.63, 3.8) is 0 Å². The Morgan fingerprint density at radius 2 is 1.95 bits per heavy atom. The molecule has 4 nitrogen and oxygen atoms in total. The summed E-state index contributed by atoms with van der Waals surface area (Å²) in [5.41, 5.74) is -0.418. The van der Waals surface area contributed by atoms with Crippen LogP contribution in [0.5, 0.6) is 11.5 Å². The van der Waals surface area contributed by atoms with Crippen molar-refractivity contribution in [1.29, 1.82) is 0 Å². The van der Waals surface area contributed by atoms with Gasteiger partial charge in [0.15, 0.2) is 0 Å². The Bertz CT molecular complexity index is 662. The molecule has 1 amide bonds. The molecule has 0 fully saturated rings. The summed E-state index contributed by atoms with van der Waals surface area (Å²) in [7, 11) is 0. The molecule has 0 atom stereocenters. The Hall–Kier alpha value is -2.30. The first-order valence-corrected chi connectivity index (χ1v) is 6.17. The third kappa shape index (κ3) is 3.38. The number of benzene rings is 2. The van der Waals surface area contributed by atoms with Gasteiger partial charge in [-0.05, 0) is 44.4 Å². The average molecular weight is 277 g/mol. The van der Waals surface area contributed by atoms with Crippen molar-refractivity contribution >= 4 is 16.9 Å². The Morgan fingerprint density at radius 3 is 2.60 bits per heavy atom. The summed E-state index contributed by atoms with van der Waals surface area (Å²) < 4.78 is 18.2. The maximum absolute atomic E-state index is 13.1. The lowest BCUT2D eigenvalue weighted by atomic mass is 10.1. The van der Waals surface area contributed by atoms with Gasteiger partial charge in [-0.2, -0.15) is 0 Å². The van der Waals surface area contributed by atoms with Gasteiger partial charge in [0.1, 0.15) is 17.3 Å². The minimum absolute atomic E-state index is 0.138. The Kier molecular flexibility index (Phi) is 3.53. The van der Waals surface area contributed by atoms with Crippen molar-refractivity contribution in [3.8, 4) is 11.5 Å². The second kappa shape index (κ2) is 5.00. The van der Waals surface area contributed by atoms with Crippen LogP contribution in [0, 0.1) is 5.82 Å². The molecule has 0 aromatic heterocycles. The fourth-order valence-corrected chi connectivity index (χ4v) is 1.78. The SMILES string of the molecule is CC(C)(C)NC(=O)Oc1cc(O)c2cc(F)ccc2c1. The predicted molar refractivity (Wildman–Crippen MR) is 74.5 cm³/mol. The van der Waals surface area contributed by atoms with Crippen LogP contribution in [0.25, 0.3) is 10.8 Å². The highest BCUT2D eigenvalue weighted by Gasteiger charge is 2.16. The molecule has 2 aromatic rings. The molecule has 5 heteroatoms. The van der Waals surface area contributed by atoms with Crippen molar-refractivity contribution in [2.75, 3.05) is 0 Å². The quantitative estimate of drug-likeness (QED) is 0.837. The second-order valence-corrected chi connectivity index (χ2v) is 5.57. The third-order valence-corrected chi connectivity index (χ3v) is 2.56. The van der Waals surface area contributed by atoms with Crippen LogP contribution < -0.4 is 10.1 Å². The van der Waals surface area contributed by atoms with Crippen LogP contribution in [0.15, 0.2) is 30.3 Å². The van der Waals surface area contributed by atoms with Crippen molar-refractivity contribution in [2.45, 2.75) is 26.3 Å². The van der Waals surface area contributed by atoms with E-state index in [0.29, 0.717) is 10.8 Å². The van der Waals surface area contributed by atoms with E-state index in [0.717, 1.165) is 0 Å². The smallest absolute Gasteiger partial charge is 0.413 e. The van der Waals surface area contributed by atoms with E-state index in [9.17, 15) is 14.3 Å². The van der Waals surface area contributed by atoms with Gasteiger partial charge in [-0.25, -0.2) is 9.18 Å². The normalized spacial score (nSPS) is 11.4. The number of ether oxygens (including phenoxy) is 1. The van der Waals surface area contributed by atoms with E-state index in [1.165, 1.54) is 24.3 Å². The fourth-order valence-electron chi connectivity index (χ4n) is 1.78. The van der Waals surface area contributed by atoms with E-state index in [4.69, 9.17) is 4.74 Å². The highest BCUT2D eigenvalue weighted by atomic mass is 19.1. The van der Waals surface area contributed by atoms with Crippen molar-refractivity contribution < 1.29 is 19.0 Å². The zero-order chi connectivity index (χ0) is 14.9.